The van der Waals surface area contributed by atoms with Crippen LogP contribution in [0.25, 0.3) is 0 Å². The van der Waals surface area contributed by atoms with E-state index in [4.69, 9.17) is 4.74 Å². The van der Waals surface area contributed by atoms with Gasteiger partial charge in [-0.2, -0.15) is 0 Å². The maximum Gasteiger partial charge on any atom is 0.0700 e. The van der Waals surface area contributed by atoms with Crippen LogP contribution in [-0.2, 0) is 11.2 Å². The predicted octanol–water partition coefficient (Wildman–Crippen LogP) is 3.60. The van der Waals surface area contributed by atoms with Crippen LogP contribution in [0.15, 0.2) is 30.3 Å². The Labute approximate surface area is 87.1 Å². The number of unbranched alkanes of at least 4 members (excludes halogenated alkanes) is 3. The fourth-order valence-corrected chi connectivity index (χ4v) is 1.53. The molecular formula is C13H19O. The van der Waals surface area contributed by atoms with Crippen molar-refractivity contribution in [3.05, 3.63) is 43.0 Å². The Balaban J connectivity index is 1.99. The summed E-state index contributed by atoms with van der Waals surface area (Å²) in [5.41, 5.74) is 1.45. The van der Waals surface area contributed by atoms with Crippen molar-refractivity contribution in [2.75, 3.05) is 6.61 Å². The molecule has 0 N–H and O–H groups in total. The van der Waals surface area contributed by atoms with Gasteiger partial charge in [0.2, 0.25) is 0 Å². The summed E-state index contributed by atoms with van der Waals surface area (Å²) in [6.45, 7) is 0.797. The van der Waals surface area contributed by atoms with Crippen molar-refractivity contribution in [3.8, 4) is 0 Å². The quantitative estimate of drug-likeness (QED) is 0.598. The number of ether oxygens (including phenoxy) is 1. The van der Waals surface area contributed by atoms with Gasteiger partial charge in [-0.1, -0.05) is 43.2 Å². The molecule has 1 nitrogen and oxygen atoms in total. The molecule has 0 atom stereocenters. The zero-order valence-electron chi connectivity index (χ0n) is 8.74. The fourth-order valence-electron chi connectivity index (χ4n) is 1.53. The van der Waals surface area contributed by atoms with Crippen molar-refractivity contribution in [3.63, 3.8) is 0 Å². The predicted molar refractivity (Wildman–Crippen MR) is 59.9 cm³/mol. The third-order valence-electron chi connectivity index (χ3n) is 2.35. The molecule has 0 aliphatic carbocycles. The average Bonchev–Trinajstić information content (AvgIpc) is 2.25. The topological polar surface area (TPSA) is 9.23 Å². The van der Waals surface area contributed by atoms with Gasteiger partial charge in [0.1, 0.15) is 0 Å². The van der Waals surface area contributed by atoms with E-state index >= 15 is 0 Å². The molecule has 77 valence electrons. The number of benzene rings is 1. The summed E-state index contributed by atoms with van der Waals surface area (Å²) in [7, 11) is 3.35. The van der Waals surface area contributed by atoms with E-state index in [1.165, 1.54) is 31.2 Å². The second-order valence-electron chi connectivity index (χ2n) is 3.56. The van der Waals surface area contributed by atoms with Gasteiger partial charge in [0.05, 0.1) is 7.11 Å². The lowest BCUT2D eigenvalue weighted by Gasteiger charge is -2.01. The molecule has 0 aromatic heterocycles. The molecule has 0 saturated heterocycles. The van der Waals surface area contributed by atoms with Gasteiger partial charge in [0.25, 0.3) is 0 Å². The summed E-state index contributed by atoms with van der Waals surface area (Å²) < 4.78 is 4.76. The Kier molecular flexibility index (Phi) is 6.09. The molecule has 1 heteroatoms. The molecule has 0 amide bonds. The molecule has 1 aromatic carbocycles. The maximum absolute atomic E-state index is 4.76. The van der Waals surface area contributed by atoms with Crippen molar-refractivity contribution in [2.45, 2.75) is 32.1 Å². The Hall–Kier alpha value is -0.820. The normalized spacial score (nSPS) is 10.4. The maximum atomic E-state index is 4.76. The minimum Gasteiger partial charge on any atom is -0.379 e. The zero-order valence-corrected chi connectivity index (χ0v) is 8.74. The Morgan fingerprint density at radius 3 is 2.36 bits per heavy atom. The number of rotatable bonds is 7. The molecule has 0 spiro atoms. The number of hydrogen-bond acceptors (Lipinski definition) is 1. The van der Waals surface area contributed by atoms with Gasteiger partial charge in [0, 0.05) is 6.61 Å². The lowest BCUT2D eigenvalue weighted by atomic mass is 10.1. The highest BCUT2D eigenvalue weighted by Crippen LogP contribution is 2.07. The summed E-state index contributed by atoms with van der Waals surface area (Å²) in [4.78, 5) is 0. The van der Waals surface area contributed by atoms with Crippen molar-refractivity contribution >= 4 is 0 Å². The van der Waals surface area contributed by atoms with Gasteiger partial charge in [-0.05, 0) is 24.8 Å². The summed E-state index contributed by atoms with van der Waals surface area (Å²) in [6.07, 6.45) is 6.16. The second kappa shape index (κ2) is 7.57. The molecule has 0 unspecified atom stereocenters. The van der Waals surface area contributed by atoms with Crippen LogP contribution in [-0.4, -0.2) is 6.61 Å². The lowest BCUT2D eigenvalue weighted by Crippen LogP contribution is -1.88. The molecule has 0 bridgehead atoms. The summed E-state index contributed by atoms with van der Waals surface area (Å²) in [5, 5.41) is 0. The first-order valence-corrected chi connectivity index (χ1v) is 5.34. The zero-order chi connectivity index (χ0) is 10.1. The molecule has 1 rings (SSSR count). The van der Waals surface area contributed by atoms with Crippen molar-refractivity contribution in [1.29, 1.82) is 0 Å². The van der Waals surface area contributed by atoms with Gasteiger partial charge in [-0.25, -0.2) is 0 Å². The molecule has 0 aliphatic heterocycles. The van der Waals surface area contributed by atoms with Crippen LogP contribution in [0.3, 0.4) is 0 Å². The third-order valence-corrected chi connectivity index (χ3v) is 2.35. The van der Waals surface area contributed by atoms with Crippen molar-refractivity contribution < 1.29 is 4.74 Å². The summed E-state index contributed by atoms with van der Waals surface area (Å²) in [6, 6.07) is 10.7. The Morgan fingerprint density at radius 1 is 0.929 bits per heavy atom. The van der Waals surface area contributed by atoms with Gasteiger partial charge < -0.3 is 4.74 Å². The van der Waals surface area contributed by atoms with Crippen LogP contribution >= 0.6 is 0 Å². The molecule has 1 aromatic rings. The van der Waals surface area contributed by atoms with Crippen LogP contribution in [0.1, 0.15) is 31.2 Å². The van der Waals surface area contributed by atoms with E-state index in [1.807, 2.05) is 0 Å². The third kappa shape index (κ3) is 5.03. The highest BCUT2D eigenvalue weighted by Gasteiger charge is 1.92. The van der Waals surface area contributed by atoms with Gasteiger partial charge in [-0.3, -0.25) is 0 Å². The van der Waals surface area contributed by atoms with Gasteiger partial charge >= 0.3 is 0 Å². The van der Waals surface area contributed by atoms with E-state index in [2.05, 4.69) is 37.4 Å². The number of hydrogen-bond donors (Lipinski definition) is 0. The molecular weight excluding hydrogens is 172 g/mol. The van der Waals surface area contributed by atoms with E-state index < -0.39 is 0 Å². The summed E-state index contributed by atoms with van der Waals surface area (Å²) in [5.74, 6) is 0. The van der Waals surface area contributed by atoms with Crippen LogP contribution < -0.4 is 0 Å². The first-order chi connectivity index (χ1) is 6.93. The van der Waals surface area contributed by atoms with E-state index in [0.717, 1.165) is 13.0 Å². The van der Waals surface area contributed by atoms with E-state index in [-0.39, 0.29) is 0 Å². The smallest absolute Gasteiger partial charge is 0.0700 e. The molecule has 1 radical (unpaired) electrons. The van der Waals surface area contributed by atoms with E-state index in [0.29, 0.717) is 0 Å². The molecule has 0 heterocycles. The van der Waals surface area contributed by atoms with Gasteiger partial charge in [0.15, 0.2) is 0 Å². The molecule has 14 heavy (non-hydrogen) atoms. The fraction of sp³-hybridized carbons (Fsp3) is 0.462. The molecule has 0 fully saturated rings. The largest absolute Gasteiger partial charge is 0.379 e. The van der Waals surface area contributed by atoms with Crippen LogP contribution in [0.2, 0.25) is 0 Å². The molecule has 0 saturated carbocycles. The first-order valence-electron chi connectivity index (χ1n) is 5.34. The minimum absolute atomic E-state index is 0.797. The highest BCUT2D eigenvalue weighted by molar-refractivity contribution is 5.14. The van der Waals surface area contributed by atoms with Crippen LogP contribution in [0.4, 0.5) is 0 Å². The SMILES string of the molecule is [CH2]OCCCCCCc1ccccc1. The average molecular weight is 191 g/mol. The van der Waals surface area contributed by atoms with Gasteiger partial charge in [-0.15, -0.1) is 0 Å². The first kappa shape index (κ1) is 11.3. The second-order valence-corrected chi connectivity index (χ2v) is 3.56. The van der Waals surface area contributed by atoms with Crippen molar-refractivity contribution in [2.24, 2.45) is 0 Å². The minimum atomic E-state index is 0.797. The monoisotopic (exact) mass is 191 g/mol. The highest BCUT2D eigenvalue weighted by atomic mass is 16.5. The van der Waals surface area contributed by atoms with E-state index in [1.54, 1.807) is 0 Å². The standard InChI is InChI=1S/C13H19O/c1-14-12-8-3-2-5-9-13-10-6-4-7-11-13/h4,6-7,10-11H,1-3,5,8-9,12H2. The Bertz CT molecular complexity index is 218. The Morgan fingerprint density at radius 2 is 1.64 bits per heavy atom. The van der Waals surface area contributed by atoms with Crippen molar-refractivity contribution in [1.82, 2.24) is 0 Å². The summed E-state index contributed by atoms with van der Waals surface area (Å²) >= 11 is 0. The van der Waals surface area contributed by atoms with Crippen LogP contribution in [0.5, 0.6) is 0 Å². The molecule has 0 aliphatic rings. The van der Waals surface area contributed by atoms with Crippen LogP contribution in [0, 0.1) is 7.11 Å². The lowest BCUT2D eigenvalue weighted by molar-refractivity contribution is 0.233. The van der Waals surface area contributed by atoms with E-state index in [9.17, 15) is 0 Å². The number of aryl methyl sites for hydroxylation is 1.